The van der Waals surface area contributed by atoms with Gasteiger partial charge in [-0.2, -0.15) is 0 Å². The first kappa shape index (κ1) is 11.8. The van der Waals surface area contributed by atoms with Crippen LogP contribution in [0.3, 0.4) is 0 Å². The fourth-order valence-electron chi connectivity index (χ4n) is 1.31. The lowest BCUT2D eigenvalue weighted by atomic mass is 10.00. The molecule has 0 saturated heterocycles. The minimum Gasteiger partial charge on any atom is -0.289 e. The summed E-state index contributed by atoms with van der Waals surface area (Å²) in [6.45, 7) is 3.63. The summed E-state index contributed by atoms with van der Waals surface area (Å²) in [7, 11) is 0. The zero-order valence-electron chi connectivity index (χ0n) is 7.77. The van der Waals surface area contributed by atoms with Crippen molar-refractivity contribution in [3.05, 3.63) is 34.9 Å². The van der Waals surface area contributed by atoms with Crippen LogP contribution in [0.2, 0.25) is 0 Å². The highest BCUT2D eigenvalue weighted by Crippen LogP contribution is 2.32. The Morgan fingerprint density at radius 1 is 1.14 bits per heavy atom. The Balaban J connectivity index is 3.26. The van der Waals surface area contributed by atoms with Crippen molar-refractivity contribution in [2.75, 3.05) is 0 Å². The third-order valence-corrected chi connectivity index (χ3v) is 2.48. The monoisotopic (exact) mass is 250 g/mol. The molecule has 0 fully saturated rings. The van der Waals surface area contributed by atoms with Crippen LogP contribution in [0.4, 0.5) is 0 Å². The number of Topliss-reactive ketones (excluding diaryl/α,β-unsaturated/α-hetero) is 1. The first-order chi connectivity index (χ1) is 6.34. The van der Waals surface area contributed by atoms with Crippen LogP contribution in [-0.4, -0.2) is 9.58 Å². The van der Waals surface area contributed by atoms with Gasteiger partial charge in [-0.25, -0.2) is 0 Å². The topological polar surface area (TPSA) is 17.1 Å². The molecule has 0 aliphatic carbocycles. The summed E-state index contributed by atoms with van der Waals surface area (Å²) in [5, 5.41) is 0. The van der Waals surface area contributed by atoms with Gasteiger partial charge in [0.25, 0.3) is 3.79 Å². The highest BCUT2D eigenvalue weighted by Gasteiger charge is 2.33. The molecule has 4 heteroatoms. The SMILES string of the molecule is Cc1cccc(C)c1C(=O)C(Cl)(Cl)Cl. The largest absolute Gasteiger partial charge is 0.289 e. The first-order valence-electron chi connectivity index (χ1n) is 4.02. The maximum atomic E-state index is 11.7. The lowest BCUT2D eigenvalue weighted by molar-refractivity contribution is 0.0995. The van der Waals surface area contributed by atoms with Gasteiger partial charge in [-0.3, -0.25) is 4.79 Å². The van der Waals surface area contributed by atoms with E-state index < -0.39 is 9.58 Å². The molecule has 1 aromatic carbocycles. The Hall–Kier alpha value is -0.240. The summed E-state index contributed by atoms with van der Waals surface area (Å²) in [4.78, 5) is 11.7. The molecule has 1 rings (SSSR count). The molecule has 1 nitrogen and oxygen atoms in total. The van der Waals surface area contributed by atoms with E-state index >= 15 is 0 Å². The minimum absolute atomic E-state index is 0.474. The van der Waals surface area contributed by atoms with Crippen molar-refractivity contribution >= 4 is 40.6 Å². The summed E-state index contributed by atoms with van der Waals surface area (Å²) >= 11 is 16.6. The lowest BCUT2D eigenvalue weighted by Gasteiger charge is -2.13. The Bertz CT molecular complexity index is 346. The summed E-state index contributed by atoms with van der Waals surface area (Å²) in [5.41, 5.74) is 2.13. The maximum absolute atomic E-state index is 11.7. The number of hydrogen-bond donors (Lipinski definition) is 0. The summed E-state index contributed by atoms with van der Waals surface area (Å²) in [6.07, 6.45) is 0. The first-order valence-corrected chi connectivity index (χ1v) is 5.15. The standard InChI is InChI=1S/C10H9Cl3O/c1-6-4-3-5-7(2)8(6)9(14)10(11,12)13/h3-5H,1-2H3. The Labute approximate surface area is 98.0 Å². The second-order valence-electron chi connectivity index (χ2n) is 3.09. The molecular weight excluding hydrogens is 242 g/mol. The number of halogens is 3. The van der Waals surface area contributed by atoms with Crippen LogP contribution >= 0.6 is 34.8 Å². The van der Waals surface area contributed by atoms with Crippen LogP contribution in [0.5, 0.6) is 0 Å². The quantitative estimate of drug-likeness (QED) is 0.547. The van der Waals surface area contributed by atoms with Crippen molar-refractivity contribution in [3.8, 4) is 0 Å². The Morgan fingerprint density at radius 2 is 1.57 bits per heavy atom. The van der Waals surface area contributed by atoms with Crippen molar-refractivity contribution < 1.29 is 4.79 Å². The van der Waals surface area contributed by atoms with E-state index in [1.54, 1.807) is 0 Å². The van der Waals surface area contributed by atoms with Crippen LogP contribution < -0.4 is 0 Å². The van der Waals surface area contributed by atoms with Crippen molar-refractivity contribution in [1.29, 1.82) is 0 Å². The maximum Gasteiger partial charge on any atom is 0.253 e. The number of alkyl halides is 3. The van der Waals surface area contributed by atoms with E-state index in [9.17, 15) is 4.79 Å². The molecule has 0 radical (unpaired) electrons. The van der Waals surface area contributed by atoms with Gasteiger partial charge in [-0.05, 0) is 25.0 Å². The predicted molar refractivity (Wildman–Crippen MR) is 60.5 cm³/mol. The van der Waals surface area contributed by atoms with Crippen molar-refractivity contribution in [2.45, 2.75) is 17.6 Å². The molecule has 0 amide bonds. The number of aryl methyl sites for hydroxylation is 2. The third kappa shape index (κ3) is 2.41. The van der Waals surface area contributed by atoms with Crippen LogP contribution in [-0.2, 0) is 0 Å². The predicted octanol–water partition coefficient (Wildman–Crippen LogP) is 3.86. The van der Waals surface area contributed by atoms with Gasteiger partial charge in [0.05, 0.1) is 0 Å². The number of ketones is 1. The lowest BCUT2D eigenvalue weighted by Crippen LogP contribution is -2.21. The molecule has 0 spiro atoms. The van der Waals surface area contributed by atoms with Crippen molar-refractivity contribution in [3.63, 3.8) is 0 Å². The Morgan fingerprint density at radius 3 is 1.93 bits per heavy atom. The van der Waals surface area contributed by atoms with Gasteiger partial charge >= 0.3 is 0 Å². The smallest absolute Gasteiger partial charge is 0.253 e. The van der Waals surface area contributed by atoms with E-state index in [0.717, 1.165) is 11.1 Å². The second kappa shape index (κ2) is 4.09. The summed E-state index contributed by atoms with van der Waals surface area (Å²) in [5.74, 6) is -0.474. The van der Waals surface area contributed by atoms with Gasteiger partial charge in [0.15, 0.2) is 0 Å². The molecule has 0 heterocycles. The van der Waals surface area contributed by atoms with Gasteiger partial charge in [-0.1, -0.05) is 53.0 Å². The highest BCUT2D eigenvalue weighted by atomic mass is 35.6. The van der Waals surface area contributed by atoms with E-state index in [1.807, 2.05) is 32.0 Å². The van der Waals surface area contributed by atoms with Gasteiger partial charge < -0.3 is 0 Å². The summed E-state index contributed by atoms with van der Waals surface area (Å²) in [6, 6.07) is 5.49. The molecule has 0 saturated carbocycles. The highest BCUT2D eigenvalue weighted by molar-refractivity contribution is 6.77. The van der Waals surface area contributed by atoms with E-state index in [2.05, 4.69) is 0 Å². The molecule has 0 aliphatic rings. The zero-order valence-corrected chi connectivity index (χ0v) is 10.0. The number of benzene rings is 1. The fourth-order valence-corrected chi connectivity index (χ4v) is 1.60. The van der Waals surface area contributed by atoms with Gasteiger partial charge in [0.2, 0.25) is 5.78 Å². The molecule has 76 valence electrons. The number of carbonyl (C=O) groups is 1. The molecule has 1 aromatic rings. The van der Waals surface area contributed by atoms with Crippen molar-refractivity contribution in [2.24, 2.45) is 0 Å². The molecule has 0 unspecified atom stereocenters. The number of hydrogen-bond acceptors (Lipinski definition) is 1. The van der Waals surface area contributed by atoms with Crippen LogP contribution in [0.25, 0.3) is 0 Å². The van der Waals surface area contributed by atoms with E-state index in [0.29, 0.717) is 5.56 Å². The van der Waals surface area contributed by atoms with E-state index in [1.165, 1.54) is 0 Å². The molecular formula is C10H9Cl3O. The van der Waals surface area contributed by atoms with E-state index in [-0.39, 0.29) is 0 Å². The average Bonchev–Trinajstić information content (AvgIpc) is 2.01. The van der Waals surface area contributed by atoms with Gasteiger partial charge in [-0.15, -0.1) is 0 Å². The molecule has 0 aromatic heterocycles. The number of carbonyl (C=O) groups excluding carboxylic acids is 1. The normalized spacial score (nSPS) is 11.5. The van der Waals surface area contributed by atoms with Gasteiger partial charge in [0.1, 0.15) is 0 Å². The Kier molecular flexibility index (Phi) is 3.46. The molecule has 0 bridgehead atoms. The molecule has 0 N–H and O–H groups in total. The van der Waals surface area contributed by atoms with Gasteiger partial charge in [0, 0.05) is 5.56 Å². The van der Waals surface area contributed by atoms with Crippen molar-refractivity contribution in [1.82, 2.24) is 0 Å². The van der Waals surface area contributed by atoms with Crippen LogP contribution in [0, 0.1) is 13.8 Å². The van der Waals surface area contributed by atoms with Crippen LogP contribution in [0.1, 0.15) is 21.5 Å². The molecule has 0 atom stereocenters. The fraction of sp³-hybridized carbons (Fsp3) is 0.300. The summed E-state index contributed by atoms with van der Waals surface area (Å²) < 4.78 is -1.88. The average molecular weight is 252 g/mol. The van der Waals surface area contributed by atoms with E-state index in [4.69, 9.17) is 34.8 Å². The minimum atomic E-state index is -1.88. The zero-order chi connectivity index (χ0) is 10.9. The second-order valence-corrected chi connectivity index (χ2v) is 5.37. The van der Waals surface area contributed by atoms with Crippen LogP contribution in [0.15, 0.2) is 18.2 Å². The molecule has 14 heavy (non-hydrogen) atoms. The third-order valence-electron chi connectivity index (χ3n) is 1.97. The molecule has 0 aliphatic heterocycles. The number of rotatable bonds is 1.